The van der Waals surface area contributed by atoms with Crippen LogP contribution >= 0.6 is 0 Å². The third kappa shape index (κ3) is 7.10. The first kappa shape index (κ1) is 23.4. The number of nitro benzene ring substituents is 1. The second kappa shape index (κ2) is 10.0. The maximum Gasteiger partial charge on any atom is 0.416 e. The first-order valence-corrected chi connectivity index (χ1v) is 10.6. The van der Waals surface area contributed by atoms with E-state index in [2.05, 4.69) is 18.7 Å². The molecule has 0 saturated carbocycles. The van der Waals surface area contributed by atoms with Crippen LogP contribution in [0.3, 0.4) is 0 Å². The van der Waals surface area contributed by atoms with E-state index in [1.165, 1.54) is 0 Å². The van der Waals surface area contributed by atoms with E-state index in [0.717, 1.165) is 38.5 Å². The summed E-state index contributed by atoms with van der Waals surface area (Å²) in [4.78, 5) is 11.9. The summed E-state index contributed by atoms with van der Waals surface area (Å²) in [5, 5.41) is 11.1. The number of benzene rings is 1. The van der Waals surface area contributed by atoms with Gasteiger partial charge in [-0.3, -0.25) is 10.1 Å². The Morgan fingerprint density at radius 2 is 1.74 bits per heavy atom. The molecule has 0 bridgehead atoms. The largest absolute Gasteiger partial charge is 0.416 e. The second-order valence-corrected chi connectivity index (χ2v) is 8.46. The number of unbranched alkanes of at least 4 members (excludes halogenated alkanes) is 3. The van der Waals surface area contributed by atoms with E-state index in [4.69, 9.17) is 4.78 Å². The molecule has 6 nitrogen and oxygen atoms in total. The van der Waals surface area contributed by atoms with Gasteiger partial charge in [-0.2, -0.15) is 13.2 Å². The Hall–Kier alpha value is -1.68. The quantitative estimate of drug-likeness (QED) is 0.319. The Morgan fingerprint density at radius 1 is 1.15 bits per heavy atom. The molecule has 1 rings (SSSR count). The summed E-state index contributed by atoms with van der Waals surface area (Å²) in [6, 6.07) is 1.80. The van der Waals surface area contributed by atoms with Crippen LogP contribution in [-0.4, -0.2) is 39.4 Å². The number of halogens is 3. The van der Waals surface area contributed by atoms with Gasteiger partial charge in [-0.25, -0.2) is 8.99 Å². The van der Waals surface area contributed by atoms with Gasteiger partial charge in [-0.05, 0) is 44.6 Å². The lowest BCUT2D eigenvalue weighted by molar-refractivity contribution is -0.388. The van der Waals surface area contributed by atoms with Crippen LogP contribution in [0.5, 0.6) is 0 Å². The number of hydrogen-bond donors (Lipinski definition) is 1. The first-order chi connectivity index (χ1) is 12.5. The third-order valence-corrected chi connectivity index (χ3v) is 6.31. The average Bonchev–Trinajstić information content (AvgIpc) is 2.59. The van der Waals surface area contributed by atoms with E-state index < -0.39 is 37.0 Å². The van der Waals surface area contributed by atoms with E-state index in [1.54, 1.807) is 0 Å². The van der Waals surface area contributed by atoms with Crippen LogP contribution in [0.1, 0.15) is 45.1 Å². The smallest absolute Gasteiger partial charge is 0.304 e. The molecule has 0 fully saturated rings. The predicted octanol–water partition coefficient (Wildman–Crippen LogP) is 4.92. The van der Waals surface area contributed by atoms with Crippen molar-refractivity contribution in [2.24, 2.45) is 0 Å². The highest BCUT2D eigenvalue weighted by molar-refractivity contribution is 7.92. The number of rotatable bonds is 11. The van der Waals surface area contributed by atoms with E-state index in [0.29, 0.717) is 25.0 Å². The molecule has 10 heteroatoms. The van der Waals surface area contributed by atoms with Gasteiger partial charge in [0.1, 0.15) is 4.90 Å². The summed E-state index contributed by atoms with van der Waals surface area (Å²) >= 11 is 0. The fraction of sp³-hybridized carbons (Fsp3) is 0.647. The molecule has 1 atom stereocenters. The zero-order valence-electron chi connectivity index (χ0n) is 15.6. The molecule has 0 aromatic heterocycles. The van der Waals surface area contributed by atoms with Crippen molar-refractivity contribution in [1.82, 2.24) is 4.90 Å². The molecule has 154 valence electrons. The van der Waals surface area contributed by atoms with Crippen molar-refractivity contribution in [2.45, 2.75) is 50.6 Å². The zero-order chi connectivity index (χ0) is 20.7. The molecule has 27 heavy (non-hydrogen) atoms. The lowest BCUT2D eigenvalue weighted by Gasteiger charge is -2.17. The fourth-order valence-electron chi connectivity index (χ4n) is 2.76. The zero-order valence-corrected chi connectivity index (χ0v) is 16.4. The van der Waals surface area contributed by atoms with Crippen molar-refractivity contribution in [3.8, 4) is 0 Å². The van der Waals surface area contributed by atoms with Crippen LogP contribution in [0.2, 0.25) is 0 Å². The van der Waals surface area contributed by atoms with Gasteiger partial charge in [0.05, 0.1) is 20.2 Å². The molecule has 0 aliphatic heterocycles. The molecule has 1 aromatic rings. The molecular formula is C17H26F3N3O3S. The molecule has 1 aromatic carbocycles. The van der Waals surface area contributed by atoms with Crippen LogP contribution in [-0.2, 0) is 15.9 Å². The monoisotopic (exact) mass is 409 g/mol. The van der Waals surface area contributed by atoms with E-state index in [-0.39, 0.29) is 5.75 Å². The number of nitro groups is 1. The number of nitrogens with zero attached hydrogens (tertiary/aromatic N) is 2. The van der Waals surface area contributed by atoms with Gasteiger partial charge in [-0.15, -0.1) is 0 Å². The highest BCUT2D eigenvalue weighted by atomic mass is 32.2. The summed E-state index contributed by atoms with van der Waals surface area (Å²) < 4.78 is 58.8. The van der Waals surface area contributed by atoms with E-state index in [9.17, 15) is 27.5 Å². The molecule has 0 aliphatic carbocycles. The maximum atomic E-state index is 12.7. The fourth-order valence-corrected chi connectivity index (χ4v) is 4.35. The standard InChI is InChI=1S/C17H26F3N3O3S/c1-3-22(4-2)11-7-5-6-8-12-27(21,26)16-10-9-14(17(18,19)20)13-15(16)23(24)25/h9-10,13,21H,3-8,11-12H2,1-2H3. The van der Waals surface area contributed by atoms with Crippen LogP contribution in [0.4, 0.5) is 18.9 Å². The third-order valence-electron chi connectivity index (χ3n) is 4.39. The van der Waals surface area contributed by atoms with Gasteiger partial charge in [0.25, 0.3) is 5.69 Å². The van der Waals surface area contributed by atoms with Crippen LogP contribution in [0.15, 0.2) is 23.1 Å². The van der Waals surface area contributed by atoms with Crippen LogP contribution in [0, 0.1) is 14.9 Å². The average molecular weight is 409 g/mol. The Bertz CT molecular complexity index is 733. The Labute approximate surface area is 157 Å². The Morgan fingerprint density at radius 3 is 2.26 bits per heavy atom. The van der Waals surface area contributed by atoms with Crippen LogP contribution in [0.25, 0.3) is 0 Å². The first-order valence-electron chi connectivity index (χ1n) is 8.87. The molecular weight excluding hydrogens is 383 g/mol. The summed E-state index contributed by atoms with van der Waals surface area (Å²) in [5.41, 5.74) is -2.10. The van der Waals surface area contributed by atoms with E-state index in [1.807, 2.05) is 0 Å². The lowest BCUT2D eigenvalue weighted by Crippen LogP contribution is -2.23. The number of nitrogens with one attached hydrogen (secondary N) is 1. The Balaban J connectivity index is 2.74. The molecule has 0 saturated heterocycles. The minimum Gasteiger partial charge on any atom is -0.304 e. The van der Waals surface area contributed by atoms with Crippen molar-refractivity contribution in [2.75, 3.05) is 25.4 Å². The van der Waals surface area contributed by atoms with Gasteiger partial charge in [0.15, 0.2) is 0 Å². The summed E-state index contributed by atoms with van der Waals surface area (Å²) in [6.45, 7) is 7.04. The molecule has 0 spiro atoms. The second-order valence-electron chi connectivity index (χ2n) is 6.26. The summed E-state index contributed by atoms with van der Waals surface area (Å²) in [5.74, 6) is -0.107. The Kier molecular flexibility index (Phi) is 8.67. The van der Waals surface area contributed by atoms with E-state index >= 15 is 0 Å². The van der Waals surface area contributed by atoms with Gasteiger partial charge in [-0.1, -0.05) is 26.7 Å². The minimum absolute atomic E-state index is 0.107. The highest BCUT2D eigenvalue weighted by Gasteiger charge is 2.34. The van der Waals surface area contributed by atoms with Crippen molar-refractivity contribution in [3.63, 3.8) is 0 Å². The molecule has 0 radical (unpaired) electrons. The minimum atomic E-state index is -4.74. The van der Waals surface area contributed by atoms with Gasteiger partial charge >= 0.3 is 6.18 Å². The normalized spacial score (nSPS) is 14.3. The lowest BCUT2D eigenvalue weighted by atomic mass is 10.2. The molecule has 1 unspecified atom stereocenters. The topological polar surface area (TPSA) is 87.3 Å². The van der Waals surface area contributed by atoms with Crippen molar-refractivity contribution in [3.05, 3.63) is 33.9 Å². The van der Waals surface area contributed by atoms with Crippen molar-refractivity contribution < 1.29 is 22.3 Å². The predicted molar refractivity (Wildman–Crippen MR) is 98.3 cm³/mol. The number of hydrogen-bond acceptors (Lipinski definition) is 5. The van der Waals surface area contributed by atoms with Gasteiger partial charge in [0.2, 0.25) is 0 Å². The highest BCUT2D eigenvalue weighted by Crippen LogP contribution is 2.35. The van der Waals surface area contributed by atoms with Crippen molar-refractivity contribution >= 4 is 15.4 Å². The van der Waals surface area contributed by atoms with Gasteiger partial charge in [0, 0.05) is 11.8 Å². The van der Waals surface area contributed by atoms with Gasteiger partial charge < -0.3 is 4.90 Å². The molecule has 0 aliphatic rings. The van der Waals surface area contributed by atoms with Crippen molar-refractivity contribution in [1.29, 1.82) is 4.78 Å². The molecule has 1 N–H and O–H groups in total. The molecule has 0 amide bonds. The van der Waals surface area contributed by atoms with Crippen LogP contribution < -0.4 is 0 Å². The number of alkyl halides is 3. The molecule has 0 heterocycles. The summed E-state index contributed by atoms with van der Waals surface area (Å²) in [7, 11) is -3.53. The summed E-state index contributed by atoms with van der Waals surface area (Å²) in [6.07, 6.45) is -1.76. The maximum absolute atomic E-state index is 12.7. The SMILES string of the molecule is CCN(CC)CCCCCCS(=N)(=O)c1ccc(C(F)(F)F)cc1[N+](=O)[O-].